The summed E-state index contributed by atoms with van der Waals surface area (Å²) in [7, 11) is 1.69. The molecule has 2 aromatic rings. The topological polar surface area (TPSA) is 86.9 Å². The fourth-order valence-corrected chi connectivity index (χ4v) is 5.55. The fourth-order valence-electron chi connectivity index (χ4n) is 4.31. The molecule has 2 aromatic heterocycles. The van der Waals surface area contributed by atoms with Crippen molar-refractivity contribution in [2.24, 2.45) is 7.05 Å². The number of nitrogens with zero attached hydrogens (tertiary/aromatic N) is 4. The first kappa shape index (κ1) is 23.3. The number of hydrogen-bond donors (Lipinski definition) is 1. The Labute approximate surface area is 202 Å². The lowest BCUT2D eigenvalue weighted by Gasteiger charge is -2.35. The molecule has 2 saturated heterocycles. The Morgan fingerprint density at radius 3 is 2.67 bits per heavy atom. The normalized spacial score (nSPS) is 18.4. The van der Waals surface area contributed by atoms with Crippen LogP contribution in [0.3, 0.4) is 0 Å². The van der Waals surface area contributed by atoms with E-state index in [0.717, 1.165) is 38.5 Å². The summed E-state index contributed by atoms with van der Waals surface area (Å²) < 4.78 is 7.37. The highest BCUT2D eigenvalue weighted by atomic mass is 32.2. The summed E-state index contributed by atoms with van der Waals surface area (Å²) in [5.41, 5.74) is 1.07. The number of likely N-dealkylation sites (N-methyl/N-ethyl adjacent to an activating group) is 1. The molecular weight excluding hydrogens is 458 g/mol. The van der Waals surface area contributed by atoms with E-state index in [-0.39, 0.29) is 23.6 Å². The van der Waals surface area contributed by atoms with Crippen molar-refractivity contribution < 1.29 is 14.1 Å². The lowest BCUT2D eigenvalue weighted by Crippen LogP contribution is -3.14. The Bertz CT molecular complexity index is 1220. The van der Waals surface area contributed by atoms with Crippen molar-refractivity contribution in [3.8, 4) is 6.07 Å². The van der Waals surface area contributed by atoms with Gasteiger partial charge in [-0.25, -0.2) is 0 Å². The van der Waals surface area contributed by atoms with Gasteiger partial charge in [0.15, 0.2) is 0 Å². The monoisotopic (exact) mass is 484 g/mol. The molecule has 1 amide bonds. The van der Waals surface area contributed by atoms with Gasteiger partial charge in [-0.05, 0) is 37.6 Å². The minimum atomic E-state index is -0.321. The zero-order chi connectivity index (χ0) is 23.7. The van der Waals surface area contributed by atoms with Crippen molar-refractivity contribution in [1.82, 2.24) is 9.47 Å². The molecule has 2 aliphatic heterocycles. The number of quaternary nitrogens is 1. The molecule has 0 unspecified atom stereocenters. The predicted octanol–water partition coefficient (Wildman–Crippen LogP) is 1.28. The molecule has 4 heterocycles. The van der Waals surface area contributed by atoms with E-state index in [1.54, 1.807) is 38.4 Å². The van der Waals surface area contributed by atoms with Crippen molar-refractivity contribution in [2.45, 2.75) is 20.4 Å². The molecule has 172 valence electrons. The Balaban J connectivity index is 1.77. The van der Waals surface area contributed by atoms with Gasteiger partial charge in [0.2, 0.25) is 0 Å². The number of rotatable bonds is 5. The molecule has 8 nitrogen and oxygen atoms in total. The number of piperazine rings is 1. The summed E-state index contributed by atoms with van der Waals surface area (Å²) in [6, 6.07) is 5.62. The molecule has 1 N–H and O–H groups in total. The maximum absolute atomic E-state index is 13.2. The van der Waals surface area contributed by atoms with E-state index in [9.17, 15) is 14.9 Å². The Morgan fingerprint density at radius 2 is 2.06 bits per heavy atom. The highest BCUT2D eigenvalue weighted by Crippen LogP contribution is 2.36. The minimum absolute atomic E-state index is 0.0939. The molecule has 2 aliphatic rings. The molecule has 0 spiro atoms. The van der Waals surface area contributed by atoms with Crippen LogP contribution in [-0.4, -0.2) is 52.4 Å². The van der Waals surface area contributed by atoms with Crippen LogP contribution in [-0.2, 0) is 18.4 Å². The SMILES string of the molecule is CC[NH+]1CCN(c2c(/C=C3/SC(=S)N(Cc4ccco4)C3=O)c(C)c(C#N)c(=O)n2C)CC1. The van der Waals surface area contributed by atoms with Crippen LogP contribution >= 0.6 is 24.0 Å². The minimum Gasteiger partial charge on any atom is -0.467 e. The zero-order valence-electron chi connectivity index (χ0n) is 18.9. The van der Waals surface area contributed by atoms with E-state index in [0.29, 0.717) is 26.1 Å². The lowest BCUT2D eigenvalue weighted by atomic mass is 10.0. The molecule has 33 heavy (non-hydrogen) atoms. The highest BCUT2D eigenvalue weighted by Gasteiger charge is 2.34. The number of thiocarbonyl (C=S) groups is 1. The molecule has 0 aromatic carbocycles. The van der Waals surface area contributed by atoms with Crippen LogP contribution in [0.2, 0.25) is 0 Å². The van der Waals surface area contributed by atoms with Gasteiger partial charge in [0, 0.05) is 12.6 Å². The summed E-state index contributed by atoms with van der Waals surface area (Å²) in [5, 5.41) is 9.64. The van der Waals surface area contributed by atoms with Gasteiger partial charge < -0.3 is 14.2 Å². The summed E-state index contributed by atoms with van der Waals surface area (Å²) in [4.78, 5) is 31.8. The van der Waals surface area contributed by atoms with Gasteiger partial charge >= 0.3 is 0 Å². The van der Waals surface area contributed by atoms with E-state index in [1.807, 2.05) is 6.07 Å². The van der Waals surface area contributed by atoms with Crippen LogP contribution < -0.4 is 15.4 Å². The van der Waals surface area contributed by atoms with E-state index >= 15 is 0 Å². The van der Waals surface area contributed by atoms with Crippen molar-refractivity contribution in [3.63, 3.8) is 0 Å². The van der Waals surface area contributed by atoms with Crippen molar-refractivity contribution in [2.75, 3.05) is 37.6 Å². The number of nitriles is 1. The first-order valence-corrected chi connectivity index (χ1v) is 12.1. The average molecular weight is 485 g/mol. The Morgan fingerprint density at radius 1 is 1.33 bits per heavy atom. The Kier molecular flexibility index (Phi) is 6.74. The van der Waals surface area contributed by atoms with Gasteiger partial charge in [-0.1, -0.05) is 24.0 Å². The first-order valence-electron chi connectivity index (χ1n) is 10.9. The van der Waals surface area contributed by atoms with Crippen LogP contribution in [0.5, 0.6) is 0 Å². The quantitative estimate of drug-likeness (QED) is 0.505. The van der Waals surface area contributed by atoms with Gasteiger partial charge in [-0.15, -0.1) is 0 Å². The number of thioether (sulfide) groups is 1. The third-order valence-electron chi connectivity index (χ3n) is 6.28. The summed E-state index contributed by atoms with van der Waals surface area (Å²) in [6.07, 6.45) is 3.35. The number of anilines is 1. The highest BCUT2D eigenvalue weighted by molar-refractivity contribution is 8.26. The number of pyridine rings is 1. The number of amides is 1. The molecular formula is C23H26N5O3S2+. The second-order valence-electron chi connectivity index (χ2n) is 8.15. The van der Waals surface area contributed by atoms with Crippen LogP contribution in [0, 0.1) is 18.3 Å². The molecule has 0 radical (unpaired) electrons. The summed E-state index contributed by atoms with van der Waals surface area (Å²) >= 11 is 6.69. The van der Waals surface area contributed by atoms with Gasteiger partial charge in [-0.3, -0.25) is 19.1 Å². The lowest BCUT2D eigenvalue weighted by molar-refractivity contribution is -0.898. The van der Waals surface area contributed by atoms with Gasteiger partial charge in [0.05, 0.1) is 50.4 Å². The maximum atomic E-state index is 13.2. The largest absolute Gasteiger partial charge is 0.467 e. The van der Waals surface area contributed by atoms with Gasteiger partial charge in [-0.2, -0.15) is 5.26 Å². The summed E-state index contributed by atoms with van der Waals surface area (Å²) in [5.74, 6) is 1.18. The molecule has 4 rings (SSSR count). The second kappa shape index (κ2) is 9.55. The molecule has 0 saturated carbocycles. The van der Waals surface area contributed by atoms with E-state index in [1.165, 1.54) is 26.1 Å². The summed E-state index contributed by atoms with van der Waals surface area (Å²) in [6.45, 7) is 8.78. The van der Waals surface area contributed by atoms with E-state index in [4.69, 9.17) is 16.6 Å². The molecule has 0 aliphatic carbocycles. The smallest absolute Gasteiger partial charge is 0.270 e. The number of furan rings is 1. The van der Waals surface area contributed by atoms with E-state index < -0.39 is 0 Å². The fraction of sp³-hybridized carbons (Fsp3) is 0.391. The first-order chi connectivity index (χ1) is 15.8. The standard InChI is InChI=1S/C23H25N5O3S2/c1-4-26-7-9-27(10-8-26)20-17(15(2)18(13-24)21(29)25(20)3)12-19-22(30)28(23(32)33-19)14-16-6-5-11-31-16/h5-6,11-12H,4,7-10,14H2,1-3H3/p+1/b19-12+. The molecule has 0 atom stereocenters. The third-order valence-corrected chi connectivity index (χ3v) is 7.66. The molecule has 2 fully saturated rings. The van der Waals surface area contributed by atoms with Crippen molar-refractivity contribution in [3.05, 3.63) is 56.1 Å². The number of hydrogen-bond acceptors (Lipinski definition) is 7. The number of carbonyl (C=O) groups is 1. The second-order valence-corrected chi connectivity index (χ2v) is 9.83. The van der Waals surface area contributed by atoms with Crippen molar-refractivity contribution in [1.29, 1.82) is 5.26 Å². The molecule has 10 heteroatoms. The zero-order valence-corrected chi connectivity index (χ0v) is 20.5. The number of aromatic nitrogens is 1. The number of carbonyl (C=O) groups excluding carboxylic acids is 1. The van der Waals surface area contributed by atoms with E-state index in [2.05, 4.69) is 11.8 Å². The maximum Gasteiger partial charge on any atom is 0.270 e. The number of nitrogens with one attached hydrogen (secondary N) is 1. The van der Waals surface area contributed by atoms with Gasteiger partial charge in [0.25, 0.3) is 11.5 Å². The molecule has 0 bridgehead atoms. The predicted molar refractivity (Wildman–Crippen MR) is 132 cm³/mol. The Hall–Kier alpha value is -2.87. The third kappa shape index (κ3) is 4.36. The van der Waals surface area contributed by atoms with Gasteiger partial charge in [0.1, 0.15) is 27.5 Å². The van der Waals surface area contributed by atoms with Crippen LogP contribution in [0.1, 0.15) is 29.4 Å². The average Bonchev–Trinajstić information content (AvgIpc) is 3.42. The van der Waals surface area contributed by atoms with Crippen LogP contribution in [0.15, 0.2) is 32.5 Å². The van der Waals surface area contributed by atoms with Crippen molar-refractivity contribution >= 4 is 46.1 Å². The van der Waals surface area contributed by atoms with Crippen LogP contribution in [0.25, 0.3) is 6.08 Å². The van der Waals surface area contributed by atoms with Crippen LogP contribution in [0.4, 0.5) is 5.82 Å².